The zero-order valence-electron chi connectivity index (χ0n) is 28.5. The third-order valence-electron chi connectivity index (χ3n) is 4.62. The van der Waals surface area contributed by atoms with Crippen molar-refractivity contribution in [2.24, 2.45) is 0 Å². The monoisotopic (exact) mass is 634 g/mol. The van der Waals surface area contributed by atoms with E-state index in [0.717, 1.165) is 25.5 Å². The maximum absolute atomic E-state index is 10.7. The number of carbonyl (C=O) groups excluding carboxylic acids is 4. The smallest absolute Gasteiger partial charge is 0.330 e. The lowest BCUT2D eigenvalue weighted by molar-refractivity contribution is -0.137. The molecule has 0 saturated carbocycles. The number of esters is 1. The quantitative estimate of drug-likeness (QED) is 0.170. The van der Waals surface area contributed by atoms with Crippen molar-refractivity contribution < 1.29 is 23.9 Å². The number of benzene rings is 1. The average molecular weight is 635 g/mol. The Morgan fingerprint density at radius 2 is 1.52 bits per heavy atom. The number of ether oxygens (including phenoxy) is 1. The summed E-state index contributed by atoms with van der Waals surface area (Å²) >= 11 is 0. The van der Waals surface area contributed by atoms with Gasteiger partial charge in [-0.2, -0.15) is 0 Å². The summed E-state index contributed by atoms with van der Waals surface area (Å²) in [6, 6.07) is 10.0. The molecule has 1 aliphatic rings. The number of likely N-dealkylation sites (N-methyl/N-ethyl adjacent to an activating group) is 1. The first-order chi connectivity index (χ1) is 21.9. The van der Waals surface area contributed by atoms with Gasteiger partial charge in [-0.25, -0.2) is 9.78 Å². The highest BCUT2D eigenvalue weighted by atomic mass is 16.5. The van der Waals surface area contributed by atoms with Crippen molar-refractivity contribution in [1.29, 1.82) is 0 Å². The van der Waals surface area contributed by atoms with Crippen LogP contribution in [0.2, 0.25) is 0 Å². The molecule has 0 radical (unpaired) electrons. The van der Waals surface area contributed by atoms with Gasteiger partial charge in [-0.1, -0.05) is 88.9 Å². The average Bonchev–Trinajstić information content (AvgIpc) is 3.77. The van der Waals surface area contributed by atoms with Gasteiger partial charge >= 0.3 is 5.97 Å². The molecule has 0 atom stereocenters. The van der Waals surface area contributed by atoms with Crippen molar-refractivity contribution in [3.05, 3.63) is 131 Å². The summed E-state index contributed by atoms with van der Waals surface area (Å²) in [5, 5.41) is 0. The molecule has 0 bridgehead atoms. The topological polar surface area (TPSA) is 102 Å². The number of imidazole rings is 1. The Morgan fingerprint density at radius 1 is 0.957 bits per heavy atom. The molecular formula is C37H54N4O5. The number of hydrogen-bond acceptors (Lipinski definition) is 6. The van der Waals surface area contributed by atoms with E-state index in [1.54, 1.807) is 54.6 Å². The van der Waals surface area contributed by atoms with E-state index in [0.29, 0.717) is 13.0 Å². The van der Waals surface area contributed by atoms with E-state index < -0.39 is 0 Å². The molecule has 1 aromatic heterocycles. The molecule has 2 aromatic rings. The SMILES string of the molecule is C=CC.C=CC(=O)N(C)C.C=CC(=O)OCCC.C=CC(C)=O.C=CN1CCCC1=O.C=Cc1ccccc1.C=Cn1ccnc1. The summed E-state index contributed by atoms with van der Waals surface area (Å²) in [5.41, 5.74) is 1.17. The molecule has 0 unspecified atom stereocenters. The van der Waals surface area contributed by atoms with Gasteiger partial charge in [0, 0.05) is 51.7 Å². The highest BCUT2D eigenvalue weighted by Gasteiger charge is 2.16. The Labute approximate surface area is 277 Å². The Morgan fingerprint density at radius 3 is 1.74 bits per heavy atom. The van der Waals surface area contributed by atoms with Crippen molar-refractivity contribution in [2.75, 3.05) is 27.2 Å². The first-order valence-corrected chi connectivity index (χ1v) is 14.4. The van der Waals surface area contributed by atoms with Gasteiger partial charge in [-0.3, -0.25) is 14.4 Å². The minimum atomic E-state index is -0.341. The number of aromatic nitrogens is 2. The molecule has 0 aliphatic carbocycles. The van der Waals surface area contributed by atoms with Gasteiger partial charge in [0.2, 0.25) is 11.8 Å². The standard InChI is InChI=1S/C8H8.C6H9NO.C6H10O2.C5H6N2.C5H9NO.C4H6O.C3H6/c1-2-8-6-4-3-5-7-8;1-2-7-5-3-4-6(7)8;1-3-5-8-6(7)4-2;1-2-7-4-3-6-5-7;1-4-5(7)6(2)3;1-3-4(2)5;1-3-2/h2-7H,1H2;2H,1,3-5H2;4H,2-3,5H2,1H3;2-5H,1H2;4H,1H2,2-3H3;3H,1H2,2H3;3H,1H2,2H3. The molecule has 46 heavy (non-hydrogen) atoms. The predicted molar refractivity (Wildman–Crippen MR) is 193 cm³/mol. The largest absolute Gasteiger partial charge is 0.463 e. The Hall–Kier alpha value is -5.31. The lowest BCUT2D eigenvalue weighted by Crippen LogP contribution is -2.18. The van der Waals surface area contributed by atoms with Crippen LogP contribution in [0.15, 0.2) is 126 Å². The molecule has 2 amide bonds. The van der Waals surface area contributed by atoms with Crippen molar-refractivity contribution >= 4 is 35.8 Å². The van der Waals surface area contributed by atoms with Crippen LogP contribution in [-0.4, -0.2) is 70.2 Å². The molecule has 1 aliphatic heterocycles. The van der Waals surface area contributed by atoms with Crippen LogP contribution in [0.25, 0.3) is 12.3 Å². The Kier molecular flexibility index (Phi) is 37.1. The van der Waals surface area contributed by atoms with Crippen molar-refractivity contribution in [3.63, 3.8) is 0 Å². The van der Waals surface area contributed by atoms with Gasteiger partial charge in [0.25, 0.3) is 0 Å². The molecule has 9 nitrogen and oxygen atoms in total. The van der Waals surface area contributed by atoms with Crippen molar-refractivity contribution in [2.45, 2.75) is 40.0 Å². The zero-order valence-corrected chi connectivity index (χ0v) is 28.5. The summed E-state index contributed by atoms with van der Waals surface area (Å²) in [6.07, 6.45) is 18.4. The van der Waals surface area contributed by atoms with Gasteiger partial charge in [0.05, 0.1) is 12.9 Å². The van der Waals surface area contributed by atoms with E-state index >= 15 is 0 Å². The highest BCUT2D eigenvalue weighted by Crippen LogP contribution is 2.08. The van der Waals surface area contributed by atoms with E-state index in [1.165, 1.54) is 29.5 Å². The van der Waals surface area contributed by atoms with Gasteiger partial charge in [-0.05, 0) is 50.6 Å². The molecule has 9 heteroatoms. The third kappa shape index (κ3) is 34.9. The summed E-state index contributed by atoms with van der Waals surface area (Å²) < 4.78 is 6.36. The van der Waals surface area contributed by atoms with E-state index in [2.05, 4.69) is 55.8 Å². The van der Waals surface area contributed by atoms with E-state index in [9.17, 15) is 19.2 Å². The van der Waals surface area contributed by atoms with Gasteiger partial charge in [0.15, 0.2) is 5.78 Å². The number of allylic oxidation sites excluding steroid dienone is 2. The fraction of sp³-hybridized carbons (Fsp3) is 0.270. The summed E-state index contributed by atoms with van der Waals surface area (Å²) in [5.74, 6) is -0.170. The van der Waals surface area contributed by atoms with Crippen molar-refractivity contribution in [1.82, 2.24) is 19.4 Å². The minimum absolute atomic E-state index is 0.0185. The zero-order chi connectivity index (χ0) is 36.2. The van der Waals surface area contributed by atoms with Crippen LogP contribution in [0.3, 0.4) is 0 Å². The molecule has 0 spiro atoms. The number of ketones is 1. The maximum atomic E-state index is 10.7. The second-order valence-electron chi connectivity index (χ2n) is 8.71. The second kappa shape index (κ2) is 35.9. The molecule has 1 aromatic carbocycles. The molecule has 1 saturated heterocycles. The normalized spacial score (nSPS) is 9.76. The summed E-state index contributed by atoms with van der Waals surface area (Å²) in [4.78, 5) is 47.8. The van der Waals surface area contributed by atoms with Crippen LogP contribution >= 0.6 is 0 Å². The number of carbonyl (C=O) groups is 4. The second-order valence-corrected chi connectivity index (χ2v) is 8.71. The molecular weight excluding hydrogens is 580 g/mol. The molecule has 2 heterocycles. The number of rotatable bonds is 8. The fourth-order valence-electron chi connectivity index (χ4n) is 2.27. The van der Waals surface area contributed by atoms with E-state index in [-0.39, 0.29) is 23.6 Å². The number of amides is 2. The van der Waals surface area contributed by atoms with E-state index in [4.69, 9.17) is 0 Å². The number of nitrogens with zero attached hydrogens (tertiary/aromatic N) is 4. The molecule has 0 N–H and O–H groups in total. The molecule has 252 valence electrons. The van der Waals surface area contributed by atoms with Crippen LogP contribution in [0, 0.1) is 0 Å². The lowest BCUT2D eigenvalue weighted by Gasteiger charge is -2.05. The summed E-state index contributed by atoms with van der Waals surface area (Å²) in [6.45, 7) is 30.4. The van der Waals surface area contributed by atoms with Gasteiger partial charge < -0.3 is 19.1 Å². The van der Waals surface area contributed by atoms with Crippen LogP contribution in [-0.2, 0) is 23.9 Å². The predicted octanol–water partition coefficient (Wildman–Crippen LogP) is 7.41. The first-order valence-electron chi connectivity index (χ1n) is 14.4. The van der Waals surface area contributed by atoms with Crippen LogP contribution in [0.1, 0.15) is 45.6 Å². The third-order valence-corrected chi connectivity index (χ3v) is 4.62. The lowest BCUT2D eigenvalue weighted by atomic mass is 10.2. The molecule has 1 fully saturated rings. The Balaban J connectivity index is -0.000000227. The Bertz CT molecular complexity index is 1150. The highest BCUT2D eigenvalue weighted by molar-refractivity contribution is 5.86. The number of hydrogen-bond donors (Lipinski definition) is 0. The van der Waals surface area contributed by atoms with Crippen molar-refractivity contribution in [3.8, 4) is 0 Å². The number of likely N-dealkylation sites (tertiary alicyclic amines) is 1. The van der Waals surface area contributed by atoms with Crippen LogP contribution < -0.4 is 0 Å². The maximum Gasteiger partial charge on any atom is 0.330 e. The van der Waals surface area contributed by atoms with Gasteiger partial charge in [-0.15, -0.1) is 6.58 Å². The fourth-order valence-corrected chi connectivity index (χ4v) is 2.27. The van der Waals surface area contributed by atoms with Gasteiger partial charge in [0.1, 0.15) is 0 Å². The van der Waals surface area contributed by atoms with Crippen LogP contribution in [0.4, 0.5) is 0 Å². The first kappa shape index (κ1) is 47.6. The molecule has 3 rings (SSSR count). The summed E-state index contributed by atoms with van der Waals surface area (Å²) in [7, 11) is 3.37. The minimum Gasteiger partial charge on any atom is -0.463 e. The van der Waals surface area contributed by atoms with Crippen LogP contribution in [0.5, 0.6) is 0 Å². The van der Waals surface area contributed by atoms with E-state index in [1.807, 2.05) is 56.5 Å².